The number of rotatable bonds is 6. The number of nitrogens with one attached hydrogen (secondary N) is 1. The van der Waals surface area contributed by atoms with Crippen molar-refractivity contribution in [1.82, 2.24) is 5.32 Å². The van der Waals surface area contributed by atoms with Crippen molar-refractivity contribution in [3.05, 3.63) is 71.8 Å². The van der Waals surface area contributed by atoms with Gasteiger partial charge in [0.05, 0.1) is 5.92 Å². The smallest absolute Gasteiger partial charge is 0.313 e. The number of esters is 1. The zero-order chi connectivity index (χ0) is 17.4. The van der Waals surface area contributed by atoms with Crippen LogP contribution in [0, 0.1) is 0 Å². The predicted octanol–water partition coefficient (Wildman–Crippen LogP) is 2.68. The third-order valence-corrected chi connectivity index (χ3v) is 3.53. The highest BCUT2D eigenvalue weighted by Gasteiger charge is 2.21. The van der Waals surface area contributed by atoms with Crippen molar-refractivity contribution in [2.75, 3.05) is 6.61 Å². The topological polar surface area (TPSA) is 72.5 Å². The second-order valence-corrected chi connectivity index (χ2v) is 5.22. The summed E-state index contributed by atoms with van der Waals surface area (Å²) in [5.41, 5.74) is 1.21. The summed E-state index contributed by atoms with van der Waals surface area (Å²) in [5, 5.41) is 2.19. The van der Waals surface area contributed by atoms with Crippen molar-refractivity contribution < 1.29 is 19.1 Å². The van der Waals surface area contributed by atoms with E-state index in [9.17, 15) is 14.4 Å². The second-order valence-electron chi connectivity index (χ2n) is 5.22. The first-order chi connectivity index (χ1) is 11.6. The van der Waals surface area contributed by atoms with E-state index in [4.69, 9.17) is 4.74 Å². The van der Waals surface area contributed by atoms with Gasteiger partial charge in [-0.2, -0.15) is 0 Å². The van der Waals surface area contributed by atoms with Crippen molar-refractivity contribution in [1.29, 1.82) is 0 Å². The third kappa shape index (κ3) is 4.78. The quantitative estimate of drug-likeness (QED) is 0.829. The minimum Gasteiger partial charge on any atom is -0.455 e. The zero-order valence-corrected chi connectivity index (χ0v) is 13.4. The summed E-state index contributed by atoms with van der Waals surface area (Å²) in [5.74, 6) is -2.08. The maximum absolute atomic E-state index is 12.1. The highest BCUT2D eigenvalue weighted by Crippen LogP contribution is 2.20. The fraction of sp³-hybridized carbons (Fsp3) is 0.211. The van der Waals surface area contributed by atoms with Crippen LogP contribution in [0.5, 0.6) is 0 Å². The summed E-state index contributed by atoms with van der Waals surface area (Å²) < 4.78 is 5.04. The average Bonchev–Trinajstić information content (AvgIpc) is 2.62. The first-order valence-corrected chi connectivity index (χ1v) is 7.72. The number of hydrogen-bond donors (Lipinski definition) is 1. The van der Waals surface area contributed by atoms with E-state index >= 15 is 0 Å². The molecular weight excluding hydrogens is 306 g/mol. The van der Waals surface area contributed by atoms with Crippen LogP contribution in [-0.2, 0) is 14.3 Å². The molecule has 5 nitrogen and oxygen atoms in total. The molecule has 2 amide bonds. The second kappa shape index (κ2) is 8.62. The fourth-order valence-electron chi connectivity index (χ4n) is 2.29. The van der Waals surface area contributed by atoms with Gasteiger partial charge in [0.1, 0.15) is 0 Å². The van der Waals surface area contributed by atoms with Gasteiger partial charge in [0.2, 0.25) is 0 Å². The Kier molecular flexibility index (Phi) is 6.25. The van der Waals surface area contributed by atoms with Gasteiger partial charge in [-0.1, -0.05) is 55.5 Å². The van der Waals surface area contributed by atoms with Crippen LogP contribution in [0.1, 0.15) is 35.2 Å². The molecule has 5 heteroatoms. The molecule has 0 heterocycles. The normalized spacial score (nSPS) is 11.4. The highest BCUT2D eigenvalue weighted by molar-refractivity contribution is 6.05. The summed E-state index contributed by atoms with van der Waals surface area (Å²) in [4.78, 5) is 35.8. The Bertz CT molecular complexity index is 698. The van der Waals surface area contributed by atoms with Crippen LogP contribution < -0.4 is 5.32 Å². The predicted molar refractivity (Wildman–Crippen MR) is 89.3 cm³/mol. The van der Waals surface area contributed by atoms with Crippen LogP contribution in [0.4, 0.5) is 0 Å². The number of hydrogen-bond acceptors (Lipinski definition) is 4. The molecule has 0 aliphatic rings. The van der Waals surface area contributed by atoms with E-state index in [2.05, 4.69) is 5.32 Å². The van der Waals surface area contributed by atoms with E-state index in [0.717, 1.165) is 5.56 Å². The van der Waals surface area contributed by atoms with Gasteiger partial charge in [-0.05, 0) is 24.1 Å². The van der Waals surface area contributed by atoms with E-state index in [1.165, 1.54) is 0 Å². The number of benzene rings is 2. The molecule has 1 N–H and O–H groups in total. The molecule has 0 aliphatic carbocycles. The lowest BCUT2D eigenvalue weighted by molar-refractivity contribution is -0.149. The van der Waals surface area contributed by atoms with Gasteiger partial charge >= 0.3 is 5.97 Å². The Morgan fingerprint density at radius 3 is 2.12 bits per heavy atom. The SMILES string of the molecule is CC[C@@H](C(=O)OCC(=O)NC(=O)c1ccccc1)c1ccccc1. The van der Waals surface area contributed by atoms with Gasteiger partial charge in [-0.25, -0.2) is 0 Å². The van der Waals surface area contributed by atoms with Crippen LogP contribution in [0.2, 0.25) is 0 Å². The molecule has 0 radical (unpaired) electrons. The zero-order valence-electron chi connectivity index (χ0n) is 13.4. The number of carbonyl (C=O) groups excluding carboxylic acids is 3. The number of ether oxygens (including phenoxy) is 1. The molecule has 0 bridgehead atoms. The molecule has 24 heavy (non-hydrogen) atoms. The highest BCUT2D eigenvalue weighted by atomic mass is 16.5. The molecule has 0 saturated carbocycles. The lowest BCUT2D eigenvalue weighted by Gasteiger charge is -2.14. The number of carbonyl (C=O) groups is 3. The van der Waals surface area contributed by atoms with E-state index in [1.807, 2.05) is 37.3 Å². The minimum absolute atomic E-state index is 0.368. The molecule has 0 fully saturated rings. The maximum Gasteiger partial charge on any atom is 0.313 e. The van der Waals surface area contributed by atoms with Crippen molar-refractivity contribution in [3.63, 3.8) is 0 Å². The lowest BCUT2D eigenvalue weighted by Crippen LogP contribution is -2.34. The van der Waals surface area contributed by atoms with Gasteiger partial charge in [0, 0.05) is 5.56 Å². The molecule has 0 aromatic heterocycles. The Balaban J connectivity index is 1.86. The van der Waals surface area contributed by atoms with Gasteiger partial charge in [-0.15, -0.1) is 0 Å². The van der Waals surface area contributed by atoms with Gasteiger partial charge < -0.3 is 4.74 Å². The Labute approximate surface area is 140 Å². The number of imide groups is 1. The molecule has 2 aromatic carbocycles. The van der Waals surface area contributed by atoms with Crippen molar-refractivity contribution >= 4 is 17.8 Å². The summed E-state index contributed by atoms with van der Waals surface area (Å²) in [7, 11) is 0. The van der Waals surface area contributed by atoms with Crippen LogP contribution in [0.3, 0.4) is 0 Å². The molecule has 2 aromatic rings. The first kappa shape index (κ1) is 17.4. The van der Waals surface area contributed by atoms with Crippen LogP contribution >= 0.6 is 0 Å². The first-order valence-electron chi connectivity index (χ1n) is 7.72. The van der Waals surface area contributed by atoms with E-state index in [1.54, 1.807) is 30.3 Å². The molecule has 124 valence electrons. The molecule has 0 spiro atoms. The molecule has 0 unspecified atom stereocenters. The lowest BCUT2D eigenvalue weighted by atomic mass is 9.97. The van der Waals surface area contributed by atoms with Gasteiger partial charge in [-0.3, -0.25) is 19.7 Å². The van der Waals surface area contributed by atoms with E-state index in [0.29, 0.717) is 12.0 Å². The maximum atomic E-state index is 12.1. The van der Waals surface area contributed by atoms with Gasteiger partial charge in [0.15, 0.2) is 6.61 Å². The van der Waals surface area contributed by atoms with Gasteiger partial charge in [0.25, 0.3) is 11.8 Å². The van der Waals surface area contributed by atoms with Crippen LogP contribution in [-0.4, -0.2) is 24.4 Å². The third-order valence-electron chi connectivity index (χ3n) is 3.53. The monoisotopic (exact) mass is 325 g/mol. The fourth-order valence-corrected chi connectivity index (χ4v) is 2.29. The summed E-state index contributed by atoms with van der Waals surface area (Å²) >= 11 is 0. The Morgan fingerprint density at radius 1 is 0.958 bits per heavy atom. The summed E-state index contributed by atoms with van der Waals surface area (Å²) in [6, 6.07) is 17.6. The van der Waals surface area contributed by atoms with Crippen molar-refractivity contribution in [2.24, 2.45) is 0 Å². The molecule has 0 saturated heterocycles. The van der Waals surface area contributed by atoms with E-state index < -0.39 is 30.3 Å². The molecule has 2 rings (SSSR count). The Morgan fingerprint density at radius 2 is 1.54 bits per heavy atom. The minimum atomic E-state index is -0.653. The standard InChI is InChI=1S/C19H19NO4/c1-2-16(14-9-5-3-6-10-14)19(23)24-13-17(21)20-18(22)15-11-7-4-8-12-15/h3-12,16H,2,13H2,1H3,(H,20,21,22)/t16-/m1/s1. The molecule has 0 aliphatic heterocycles. The molecule has 1 atom stereocenters. The number of amides is 2. The largest absolute Gasteiger partial charge is 0.455 e. The Hall–Kier alpha value is -2.95. The summed E-state index contributed by atoms with van der Waals surface area (Å²) in [6.07, 6.45) is 0.563. The van der Waals surface area contributed by atoms with Crippen molar-refractivity contribution in [3.8, 4) is 0 Å². The van der Waals surface area contributed by atoms with E-state index in [-0.39, 0.29) is 0 Å². The summed E-state index contributed by atoms with van der Waals surface area (Å²) in [6.45, 7) is 1.39. The van der Waals surface area contributed by atoms with Crippen LogP contribution in [0.15, 0.2) is 60.7 Å². The van der Waals surface area contributed by atoms with Crippen molar-refractivity contribution in [2.45, 2.75) is 19.3 Å². The average molecular weight is 325 g/mol. The molecular formula is C19H19NO4. The van der Waals surface area contributed by atoms with Crippen LogP contribution in [0.25, 0.3) is 0 Å².